The van der Waals surface area contributed by atoms with Gasteiger partial charge in [0.2, 0.25) is 0 Å². The van der Waals surface area contributed by atoms with Gasteiger partial charge in [-0.2, -0.15) is 0 Å². The van der Waals surface area contributed by atoms with Crippen LogP contribution in [0.25, 0.3) is 10.9 Å². The van der Waals surface area contributed by atoms with E-state index in [0.717, 1.165) is 11.6 Å². The minimum Gasteiger partial charge on any atom is -0.465 e. The van der Waals surface area contributed by atoms with Crippen molar-refractivity contribution in [3.05, 3.63) is 39.9 Å². The maximum atomic E-state index is 12.3. The molecule has 136 valence electrons. The Labute approximate surface area is 154 Å². The zero-order valence-electron chi connectivity index (χ0n) is 14.4. The predicted molar refractivity (Wildman–Crippen MR) is 102 cm³/mol. The molecule has 4 rings (SSSR count). The van der Waals surface area contributed by atoms with E-state index in [9.17, 15) is 9.59 Å². The van der Waals surface area contributed by atoms with Crippen molar-refractivity contribution in [2.45, 2.75) is 43.5 Å². The van der Waals surface area contributed by atoms with E-state index in [4.69, 9.17) is 9.73 Å². The maximum absolute atomic E-state index is 12.3. The number of aliphatic imine (C=N–C) groups is 1. The number of ether oxygens (including phenoxy) is 1. The van der Waals surface area contributed by atoms with Gasteiger partial charge in [-0.15, -0.1) is 0 Å². The number of fused-ring (bicyclic) bond motifs is 2. The number of methoxy groups -OCH3 is 1. The number of carbonyl (C=O) groups is 1. The van der Waals surface area contributed by atoms with Crippen LogP contribution in [0.15, 0.2) is 28.0 Å². The number of nitrogens with zero attached hydrogens (tertiary/aromatic N) is 2. The van der Waals surface area contributed by atoms with Crippen molar-refractivity contribution in [1.82, 2.24) is 15.3 Å². The van der Waals surface area contributed by atoms with Gasteiger partial charge in [0, 0.05) is 0 Å². The van der Waals surface area contributed by atoms with Crippen LogP contribution in [0, 0.1) is 0 Å². The van der Waals surface area contributed by atoms with Crippen molar-refractivity contribution in [1.29, 1.82) is 0 Å². The number of hydrogen-bond acceptors (Lipinski definition) is 7. The highest BCUT2D eigenvalue weighted by Gasteiger charge is 2.30. The molecule has 2 heterocycles. The lowest BCUT2D eigenvalue weighted by molar-refractivity contribution is 0.0601. The van der Waals surface area contributed by atoms with Crippen molar-refractivity contribution in [2.75, 3.05) is 7.11 Å². The quantitative estimate of drug-likeness (QED) is 0.802. The Morgan fingerprint density at radius 3 is 3.00 bits per heavy atom. The maximum Gasteiger partial charge on any atom is 0.337 e. The highest BCUT2D eigenvalue weighted by atomic mass is 32.2. The van der Waals surface area contributed by atoms with Gasteiger partial charge in [0.25, 0.3) is 5.56 Å². The van der Waals surface area contributed by atoms with Crippen LogP contribution in [0.3, 0.4) is 0 Å². The predicted octanol–water partition coefficient (Wildman–Crippen LogP) is 2.21. The number of amidine groups is 1. The van der Waals surface area contributed by atoms with Gasteiger partial charge >= 0.3 is 5.97 Å². The summed E-state index contributed by atoms with van der Waals surface area (Å²) in [5, 5.41) is 4.86. The second-order valence-corrected chi connectivity index (χ2v) is 7.53. The number of H-pyrrole nitrogens is 1. The average Bonchev–Trinajstić information content (AvgIpc) is 3.08. The first-order valence-corrected chi connectivity index (χ1v) is 9.71. The number of rotatable bonds is 3. The Hall–Kier alpha value is -2.35. The third-order valence-electron chi connectivity index (χ3n) is 4.84. The number of aromatic nitrogens is 2. The van der Waals surface area contributed by atoms with E-state index >= 15 is 0 Å². The molecule has 2 atom stereocenters. The average molecular weight is 372 g/mol. The van der Waals surface area contributed by atoms with Gasteiger partial charge in [-0.3, -0.25) is 9.79 Å². The summed E-state index contributed by atoms with van der Waals surface area (Å²) in [6.07, 6.45) is 4.80. The minimum absolute atomic E-state index is 0.211. The molecule has 0 saturated heterocycles. The Balaban J connectivity index is 1.53. The molecule has 1 fully saturated rings. The summed E-state index contributed by atoms with van der Waals surface area (Å²) in [5.74, 6) is 0.629. The fraction of sp³-hybridized carbons (Fsp3) is 0.444. The van der Waals surface area contributed by atoms with Gasteiger partial charge in [-0.1, -0.05) is 24.6 Å². The summed E-state index contributed by atoms with van der Waals surface area (Å²) in [5.41, 5.74) is 0.654. The molecule has 8 heteroatoms. The zero-order valence-corrected chi connectivity index (χ0v) is 15.3. The van der Waals surface area contributed by atoms with E-state index < -0.39 is 5.97 Å². The molecule has 2 aromatic rings. The molecule has 0 radical (unpaired) electrons. The van der Waals surface area contributed by atoms with Crippen molar-refractivity contribution < 1.29 is 9.53 Å². The van der Waals surface area contributed by atoms with Crippen molar-refractivity contribution in [2.24, 2.45) is 4.99 Å². The monoisotopic (exact) mass is 372 g/mol. The van der Waals surface area contributed by atoms with Crippen molar-refractivity contribution >= 4 is 33.8 Å². The molecule has 26 heavy (non-hydrogen) atoms. The van der Waals surface area contributed by atoms with Crippen molar-refractivity contribution in [3.8, 4) is 0 Å². The lowest BCUT2D eigenvalue weighted by Gasteiger charge is -2.23. The number of esters is 1. The normalized spacial score (nSPS) is 21.8. The van der Waals surface area contributed by atoms with E-state index in [-0.39, 0.29) is 5.56 Å². The Bertz CT molecular complexity index is 940. The number of carbonyl (C=O) groups excluding carboxylic acids is 1. The van der Waals surface area contributed by atoms with Gasteiger partial charge in [-0.25, -0.2) is 9.78 Å². The smallest absolute Gasteiger partial charge is 0.337 e. The number of aromatic amines is 1. The van der Waals surface area contributed by atoms with E-state index in [1.54, 1.807) is 30.0 Å². The number of hydrogen-bond donors (Lipinski definition) is 2. The molecule has 1 saturated carbocycles. The fourth-order valence-corrected chi connectivity index (χ4v) is 4.35. The van der Waals surface area contributed by atoms with Gasteiger partial charge in [0.15, 0.2) is 5.17 Å². The van der Waals surface area contributed by atoms with Gasteiger partial charge in [0.1, 0.15) is 5.82 Å². The van der Waals surface area contributed by atoms with Crippen LogP contribution in [0.2, 0.25) is 0 Å². The molecule has 1 aromatic heterocycles. The van der Waals surface area contributed by atoms with Crippen LogP contribution in [0.1, 0.15) is 41.9 Å². The third kappa shape index (κ3) is 3.33. The van der Waals surface area contributed by atoms with Crippen molar-refractivity contribution in [3.63, 3.8) is 0 Å². The molecular weight excluding hydrogens is 352 g/mol. The zero-order chi connectivity index (χ0) is 18.1. The molecule has 1 aliphatic heterocycles. The minimum atomic E-state index is -0.447. The summed E-state index contributed by atoms with van der Waals surface area (Å²) < 4.78 is 4.73. The van der Waals surface area contributed by atoms with E-state index in [1.807, 2.05) is 0 Å². The largest absolute Gasteiger partial charge is 0.465 e. The number of thioether (sulfide) groups is 1. The number of nitrogens with one attached hydrogen (secondary N) is 2. The van der Waals surface area contributed by atoms with E-state index in [1.165, 1.54) is 26.4 Å². The van der Waals surface area contributed by atoms with Gasteiger partial charge in [0.05, 0.1) is 41.4 Å². The first kappa shape index (κ1) is 17.1. The first-order valence-electron chi connectivity index (χ1n) is 8.72. The van der Waals surface area contributed by atoms with Crippen LogP contribution in [-0.4, -0.2) is 40.3 Å². The molecule has 1 aromatic carbocycles. The summed E-state index contributed by atoms with van der Waals surface area (Å²) >= 11 is 1.55. The summed E-state index contributed by atoms with van der Waals surface area (Å²) in [4.78, 5) is 36.0. The summed E-state index contributed by atoms with van der Waals surface area (Å²) in [6, 6.07) is 5.59. The molecule has 2 aliphatic rings. The highest BCUT2D eigenvalue weighted by molar-refractivity contribution is 8.13. The van der Waals surface area contributed by atoms with Crippen LogP contribution < -0.4 is 10.9 Å². The van der Waals surface area contributed by atoms with Gasteiger partial charge in [-0.05, 0) is 31.0 Å². The highest BCUT2D eigenvalue weighted by Crippen LogP contribution is 2.27. The van der Waals surface area contributed by atoms with Gasteiger partial charge < -0.3 is 15.0 Å². The summed E-state index contributed by atoms with van der Waals surface area (Å²) in [7, 11) is 1.33. The lowest BCUT2D eigenvalue weighted by Crippen LogP contribution is -2.36. The molecule has 1 aliphatic carbocycles. The first-order chi connectivity index (χ1) is 12.6. The van der Waals surface area contributed by atoms with Crippen LogP contribution in [-0.2, 0) is 10.5 Å². The third-order valence-corrected chi connectivity index (χ3v) is 5.76. The topological polar surface area (TPSA) is 96.4 Å². The van der Waals surface area contributed by atoms with E-state index in [2.05, 4.69) is 15.3 Å². The molecule has 0 unspecified atom stereocenters. The van der Waals surface area contributed by atoms with Crippen LogP contribution in [0.4, 0.5) is 0 Å². The Morgan fingerprint density at radius 1 is 1.35 bits per heavy atom. The second-order valence-electron chi connectivity index (χ2n) is 6.56. The summed E-state index contributed by atoms with van der Waals surface area (Å²) in [6.45, 7) is 0. The lowest BCUT2D eigenvalue weighted by atomic mass is 9.92. The number of benzene rings is 1. The second kappa shape index (κ2) is 7.11. The molecule has 7 nitrogen and oxygen atoms in total. The molecule has 0 spiro atoms. The van der Waals surface area contributed by atoms with Crippen LogP contribution in [0.5, 0.6) is 0 Å². The van der Waals surface area contributed by atoms with E-state index in [0.29, 0.717) is 40.1 Å². The molecular formula is C18H20N4O3S. The molecule has 0 amide bonds. The Morgan fingerprint density at radius 2 is 2.19 bits per heavy atom. The molecule has 0 bridgehead atoms. The Kier molecular flexibility index (Phi) is 4.67. The van der Waals surface area contributed by atoms with Crippen LogP contribution >= 0.6 is 11.8 Å². The standard InChI is InChI=1S/C18H20N4O3S/c1-25-17(24)10-6-7-11-14(8-10)19-15(22-16(11)23)9-26-18-20-12-4-2-3-5-13(12)21-18/h6-8,12-13H,2-5,9H2,1H3,(H,20,21)(H,19,22,23)/t12-,13-/m1/s1. The molecule has 2 N–H and O–H groups in total. The SMILES string of the molecule is COC(=O)c1ccc2c(=O)[nH]c(CSC3=N[C@@H]4CCCC[C@H]4N3)nc2c1. The fourth-order valence-electron chi connectivity index (χ4n) is 3.50.